The number of halogens is 2. The van der Waals surface area contributed by atoms with Gasteiger partial charge in [-0.3, -0.25) is 0 Å². The van der Waals surface area contributed by atoms with Crippen molar-refractivity contribution in [1.29, 1.82) is 0 Å². The molecule has 0 atom stereocenters. The average molecular weight is 378 g/mol. The quantitative estimate of drug-likeness (QED) is 0.724. The van der Waals surface area contributed by atoms with Gasteiger partial charge in [-0.1, -0.05) is 25.4 Å². The van der Waals surface area contributed by atoms with Crippen molar-refractivity contribution in [2.24, 2.45) is 5.92 Å². The third-order valence-corrected chi connectivity index (χ3v) is 4.94. The Morgan fingerprint density at radius 3 is 2.57 bits per heavy atom. The van der Waals surface area contributed by atoms with Crippen molar-refractivity contribution < 1.29 is 9.47 Å². The fraction of sp³-hybridized carbons (Fsp3) is 0.733. The summed E-state index contributed by atoms with van der Waals surface area (Å²) in [6.45, 7) is 8.26. The maximum atomic E-state index is 6.30. The van der Waals surface area contributed by atoms with E-state index < -0.39 is 5.60 Å². The van der Waals surface area contributed by atoms with Gasteiger partial charge in [0.05, 0.1) is 10.2 Å². The SMILES string of the molecule is CCOC1(c2nc(Cl)c(Br)c(CC(C)C)n2)CCOCC1. The van der Waals surface area contributed by atoms with Crippen LogP contribution in [0, 0.1) is 5.92 Å². The molecule has 0 bridgehead atoms. The maximum Gasteiger partial charge on any atom is 0.162 e. The lowest BCUT2D eigenvalue weighted by Crippen LogP contribution is -2.38. The van der Waals surface area contributed by atoms with Gasteiger partial charge in [0.2, 0.25) is 0 Å². The monoisotopic (exact) mass is 376 g/mol. The minimum atomic E-state index is -0.469. The van der Waals surface area contributed by atoms with Crippen molar-refractivity contribution in [3.8, 4) is 0 Å². The zero-order valence-electron chi connectivity index (χ0n) is 12.8. The summed E-state index contributed by atoms with van der Waals surface area (Å²) in [6, 6.07) is 0. The summed E-state index contributed by atoms with van der Waals surface area (Å²) in [6.07, 6.45) is 2.38. The van der Waals surface area contributed by atoms with Crippen molar-refractivity contribution >= 4 is 27.5 Å². The number of rotatable bonds is 5. The van der Waals surface area contributed by atoms with Crippen LogP contribution >= 0.6 is 27.5 Å². The molecule has 0 amide bonds. The van der Waals surface area contributed by atoms with E-state index in [2.05, 4.69) is 34.8 Å². The lowest BCUT2D eigenvalue weighted by Gasteiger charge is -2.35. The summed E-state index contributed by atoms with van der Waals surface area (Å²) < 4.78 is 12.3. The number of ether oxygens (including phenoxy) is 2. The van der Waals surface area contributed by atoms with Gasteiger partial charge in [-0.2, -0.15) is 0 Å². The minimum absolute atomic E-state index is 0.459. The van der Waals surface area contributed by atoms with Gasteiger partial charge in [0.25, 0.3) is 0 Å². The first-order chi connectivity index (χ1) is 9.98. The van der Waals surface area contributed by atoms with Crippen LogP contribution in [0.1, 0.15) is 45.1 Å². The largest absolute Gasteiger partial charge is 0.381 e. The van der Waals surface area contributed by atoms with Crippen LogP contribution in [-0.2, 0) is 21.5 Å². The van der Waals surface area contributed by atoms with Gasteiger partial charge in [-0.25, -0.2) is 9.97 Å². The number of aromatic nitrogens is 2. The van der Waals surface area contributed by atoms with Gasteiger partial charge in [-0.05, 0) is 35.2 Å². The van der Waals surface area contributed by atoms with Gasteiger partial charge < -0.3 is 9.47 Å². The Hall–Kier alpha value is -0.230. The molecular formula is C15H22BrClN2O2. The Balaban J connectivity index is 2.42. The summed E-state index contributed by atoms with van der Waals surface area (Å²) in [5, 5.41) is 0.459. The lowest BCUT2D eigenvalue weighted by atomic mass is 9.92. The highest BCUT2D eigenvalue weighted by Crippen LogP contribution is 2.36. The molecule has 0 aliphatic carbocycles. The van der Waals surface area contributed by atoms with E-state index in [1.54, 1.807) is 0 Å². The van der Waals surface area contributed by atoms with Gasteiger partial charge >= 0.3 is 0 Å². The topological polar surface area (TPSA) is 44.2 Å². The molecule has 0 unspecified atom stereocenters. The summed E-state index contributed by atoms with van der Waals surface area (Å²) in [5.41, 5.74) is 0.480. The molecule has 21 heavy (non-hydrogen) atoms. The second kappa shape index (κ2) is 7.36. The van der Waals surface area contributed by atoms with E-state index in [1.165, 1.54) is 0 Å². The number of nitrogens with zero attached hydrogens (tertiary/aromatic N) is 2. The van der Waals surface area contributed by atoms with Crippen LogP contribution < -0.4 is 0 Å². The first-order valence-corrected chi connectivity index (χ1v) is 8.59. The molecule has 1 aliphatic heterocycles. The van der Waals surface area contributed by atoms with E-state index in [0.717, 1.165) is 29.4 Å². The van der Waals surface area contributed by atoms with Crippen LogP contribution in [0.5, 0.6) is 0 Å². The first kappa shape index (κ1) is 17.1. The predicted molar refractivity (Wildman–Crippen MR) is 86.6 cm³/mol. The number of hydrogen-bond donors (Lipinski definition) is 0. The highest BCUT2D eigenvalue weighted by atomic mass is 79.9. The van der Waals surface area contributed by atoms with Gasteiger partial charge in [-0.15, -0.1) is 0 Å². The third-order valence-electron chi connectivity index (χ3n) is 3.61. The highest BCUT2D eigenvalue weighted by Gasteiger charge is 2.39. The molecule has 1 fully saturated rings. The van der Waals surface area contributed by atoms with E-state index in [-0.39, 0.29) is 0 Å². The molecule has 0 aromatic carbocycles. The van der Waals surface area contributed by atoms with Crippen LogP contribution in [0.2, 0.25) is 5.15 Å². The van der Waals surface area contributed by atoms with E-state index >= 15 is 0 Å². The molecule has 0 radical (unpaired) electrons. The van der Waals surface area contributed by atoms with Crippen molar-refractivity contribution in [1.82, 2.24) is 9.97 Å². The second-order valence-corrected chi connectivity index (χ2v) is 6.89. The summed E-state index contributed by atoms with van der Waals surface area (Å²) >= 11 is 9.80. The van der Waals surface area contributed by atoms with E-state index in [4.69, 9.17) is 26.1 Å². The molecule has 1 saturated heterocycles. The summed E-state index contributed by atoms with van der Waals surface area (Å²) in [7, 11) is 0. The van der Waals surface area contributed by atoms with Crippen molar-refractivity contribution in [3.63, 3.8) is 0 Å². The van der Waals surface area contributed by atoms with Gasteiger partial charge in [0.1, 0.15) is 10.8 Å². The fourth-order valence-corrected chi connectivity index (χ4v) is 3.13. The minimum Gasteiger partial charge on any atom is -0.381 e. The Labute approximate surface area is 139 Å². The number of hydrogen-bond acceptors (Lipinski definition) is 4. The van der Waals surface area contributed by atoms with E-state index in [1.807, 2.05) is 6.92 Å². The standard InChI is InChI=1S/C15H22BrClN2O2/c1-4-21-15(5-7-20-8-6-15)14-18-11(9-10(2)3)12(16)13(17)19-14/h10H,4-9H2,1-3H3. The molecule has 1 aromatic rings. The first-order valence-electron chi connectivity index (χ1n) is 7.42. The molecule has 2 rings (SSSR count). The molecule has 1 aromatic heterocycles. The molecule has 2 heterocycles. The fourth-order valence-electron chi connectivity index (χ4n) is 2.60. The molecule has 4 nitrogen and oxygen atoms in total. The molecule has 0 saturated carbocycles. The molecule has 1 aliphatic rings. The Kier molecular flexibility index (Phi) is 6.00. The smallest absolute Gasteiger partial charge is 0.162 e. The van der Waals surface area contributed by atoms with Crippen LogP contribution in [0.15, 0.2) is 4.47 Å². The van der Waals surface area contributed by atoms with E-state index in [0.29, 0.717) is 36.7 Å². The van der Waals surface area contributed by atoms with Crippen LogP contribution in [0.4, 0.5) is 0 Å². The second-order valence-electron chi connectivity index (χ2n) is 5.74. The van der Waals surface area contributed by atoms with E-state index in [9.17, 15) is 0 Å². The van der Waals surface area contributed by atoms with Crippen molar-refractivity contribution in [2.75, 3.05) is 19.8 Å². The zero-order chi connectivity index (χ0) is 15.5. The van der Waals surface area contributed by atoms with Gasteiger partial charge in [0, 0.05) is 32.7 Å². The van der Waals surface area contributed by atoms with Crippen LogP contribution in [-0.4, -0.2) is 29.8 Å². The van der Waals surface area contributed by atoms with Gasteiger partial charge in [0.15, 0.2) is 5.82 Å². The van der Waals surface area contributed by atoms with Crippen molar-refractivity contribution in [2.45, 2.75) is 45.6 Å². The molecule has 118 valence electrons. The average Bonchev–Trinajstić information content (AvgIpc) is 2.44. The Morgan fingerprint density at radius 2 is 2.00 bits per heavy atom. The summed E-state index contributed by atoms with van der Waals surface area (Å²) in [4.78, 5) is 9.25. The predicted octanol–water partition coefficient (Wildman–Crippen LogP) is 4.13. The molecule has 0 N–H and O–H groups in total. The van der Waals surface area contributed by atoms with Crippen LogP contribution in [0.25, 0.3) is 0 Å². The zero-order valence-corrected chi connectivity index (χ0v) is 15.1. The summed E-state index contributed by atoms with van der Waals surface area (Å²) in [5.74, 6) is 1.19. The van der Waals surface area contributed by atoms with Crippen LogP contribution in [0.3, 0.4) is 0 Å². The Morgan fingerprint density at radius 1 is 1.33 bits per heavy atom. The maximum absolute atomic E-state index is 6.30. The lowest BCUT2D eigenvalue weighted by molar-refractivity contribution is -0.118. The molecule has 0 spiro atoms. The molecular weight excluding hydrogens is 356 g/mol. The highest BCUT2D eigenvalue weighted by molar-refractivity contribution is 9.10. The third kappa shape index (κ3) is 3.95. The normalized spacial score (nSPS) is 18.2. The van der Waals surface area contributed by atoms with Crippen molar-refractivity contribution in [3.05, 3.63) is 21.1 Å². The Bertz CT molecular complexity index is 485. The molecule has 6 heteroatoms.